The molecule has 3 atom stereocenters. The monoisotopic (exact) mass is 588 g/mol. The molecule has 2 fully saturated rings. The molecule has 1 heterocycles. The molecule has 1 aromatic carbocycles. The first-order chi connectivity index (χ1) is 19.5. The maximum absolute atomic E-state index is 11.0. The number of halogens is 1. The molecule has 0 aromatic heterocycles. The molecule has 0 bridgehead atoms. The summed E-state index contributed by atoms with van der Waals surface area (Å²) in [5.74, 6) is 1.34. The van der Waals surface area contributed by atoms with Crippen molar-refractivity contribution in [1.29, 1.82) is 0 Å². The van der Waals surface area contributed by atoms with E-state index in [2.05, 4.69) is 73.1 Å². The molecule has 41 heavy (non-hydrogen) atoms. The number of rotatable bonds is 11. The minimum absolute atomic E-state index is 0.0518. The number of aromatic hydroxyl groups is 1. The van der Waals surface area contributed by atoms with Gasteiger partial charge in [-0.05, 0) is 57.1 Å². The van der Waals surface area contributed by atoms with Gasteiger partial charge in [0.2, 0.25) is 0 Å². The Labute approximate surface area is 251 Å². The lowest BCUT2D eigenvalue weighted by Gasteiger charge is -2.43. The second-order valence-electron chi connectivity index (χ2n) is 11.7. The van der Waals surface area contributed by atoms with Crippen molar-refractivity contribution in [3.05, 3.63) is 45.5 Å². The number of allylic oxidation sites excluding steroid dienone is 4. The van der Waals surface area contributed by atoms with Crippen molar-refractivity contribution in [2.75, 3.05) is 60.6 Å². The molecule has 3 rings (SSSR count). The zero-order valence-corrected chi connectivity index (χ0v) is 26.9. The quantitative estimate of drug-likeness (QED) is 0.146. The van der Waals surface area contributed by atoms with Crippen LogP contribution in [0.15, 0.2) is 34.1 Å². The van der Waals surface area contributed by atoms with Gasteiger partial charge in [-0.3, -0.25) is 4.90 Å². The van der Waals surface area contributed by atoms with Gasteiger partial charge in [-0.15, -0.1) is 0 Å². The Balaban J connectivity index is 1.70. The lowest BCUT2D eigenvalue weighted by atomic mass is 9.61. The summed E-state index contributed by atoms with van der Waals surface area (Å²) in [6.07, 6.45) is 10.5. The third kappa shape index (κ3) is 8.05. The number of phenolic OH excluding ortho intramolecular Hbond substituents is 1. The standard InChI is InChI=1S/C32H49ClN4O4/c1-22(9-11-26-30(38)27(21-34-40-8)24(3)29(33)31(26)39-7)13-14-32(5)23(2)10-12-28(25(32)4)35-41-20-19-37-17-15-36(6)16-18-37/h9,13-14,21,23,25,38H,10-12,15-20H2,1-8H3/b14-13+,22-9+,34-21+,35-28+/t23-,25+,32+/m1/s1. The molecule has 0 amide bonds. The van der Waals surface area contributed by atoms with Crippen LogP contribution in [0.4, 0.5) is 0 Å². The molecule has 1 saturated heterocycles. The maximum Gasteiger partial charge on any atom is 0.144 e. The fourth-order valence-electron chi connectivity index (χ4n) is 5.66. The Morgan fingerprint density at radius 1 is 1.20 bits per heavy atom. The molecule has 1 N–H and O–H groups in total. The number of ether oxygens (including phenoxy) is 1. The highest BCUT2D eigenvalue weighted by Crippen LogP contribution is 2.45. The third-order valence-corrected chi connectivity index (χ3v) is 9.63. The van der Waals surface area contributed by atoms with Crippen molar-refractivity contribution in [3.8, 4) is 11.5 Å². The van der Waals surface area contributed by atoms with Crippen LogP contribution in [0.3, 0.4) is 0 Å². The smallest absolute Gasteiger partial charge is 0.144 e. The predicted molar refractivity (Wildman–Crippen MR) is 169 cm³/mol. The van der Waals surface area contributed by atoms with E-state index in [-0.39, 0.29) is 17.1 Å². The van der Waals surface area contributed by atoms with Crippen molar-refractivity contribution in [2.24, 2.45) is 27.6 Å². The van der Waals surface area contributed by atoms with E-state index in [1.165, 1.54) is 13.3 Å². The number of likely N-dealkylation sites (N-methyl/N-ethyl adjacent to an activating group) is 1. The van der Waals surface area contributed by atoms with Gasteiger partial charge in [0.25, 0.3) is 0 Å². The number of piperazine rings is 1. The Bertz CT molecular complexity index is 1160. The van der Waals surface area contributed by atoms with Gasteiger partial charge in [-0.1, -0.05) is 66.5 Å². The van der Waals surface area contributed by atoms with Gasteiger partial charge < -0.3 is 24.4 Å². The lowest BCUT2D eigenvalue weighted by molar-refractivity contribution is 0.0821. The van der Waals surface area contributed by atoms with E-state index in [1.54, 1.807) is 7.11 Å². The molecule has 1 aliphatic carbocycles. The van der Waals surface area contributed by atoms with Crippen LogP contribution in [0.1, 0.15) is 57.2 Å². The van der Waals surface area contributed by atoms with Crippen molar-refractivity contribution >= 4 is 23.5 Å². The van der Waals surface area contributed by atoms with Crippen LogP contribution in [-0.4, -0.2) is 87.4 Å². The van der Waals surface area contributed by atoms with Crippen molar-refractivity contribution in [3.63, 3.8) is 0 Å². The largest absolute Gasteiger partial charge is 0.507 e. The summed E-state index contributed by atoms with van der Waals surface area (Å²) < 4.78 is 5.58. The molecular weight excluding hydrogens is 540 g/mol. The van der Waals surface area contributed by atoms with Crippen molar-refractivity contribution in [2.45, 2.75) is 53.9 Å². The van der Waals surface area contributed by atoms with Crippen molar-refractivity contribution < 1.29 is 19.5 Å². The summed E-state index contributed by atoms with van der Waals surface area (Å²) in [6.45, 7) is 16.7. The second-order valence-corrected chi connectivity index (χ2v) is 12.1. The van der Waals surface area contributed by atoms with Crippen LogP contribution in [-0.2, 0) is 16.1 Å². The number of benzene rings is 1. The van der Waals surface area contributed by atoms with Gasteiger partial charge in [0.05, 0.1) is 24.1 Å². The molecule has 0 unspecified atom stereocenters. The highest BCUT2D eigenvalue weighted by molar-refractivity contribution is 6.33. The van der Waals surface area contributed by atoms with E-state index in [1.807, 2.05) is 6.92 Å². The summed E-state index contributed by atoms with van der Waals surface area (Å²) in [5, 5.41) is 19.9. The first-order valence-corrected chi connectivity index (χ1v) is 15.0. The van der Waals surface area contributed by atoms with Crippen LogP contribution < -0.4 is 4.74 Å². The average Bonchev–Trinajstić information content (AvgIpc) is 2.96. The Kier molecular flexibility index (Phi) is 12.1. The normalized spacial score (nSPS) is 25.9. The van der Waals surface area contributed by atoms with Gasteiger partial charge in [0.1, 0.15) is 25.2 Å². The second kappa shape index (κ2) is 15.1. The molecule has 1 saturated carbocycles. The molecular formula is C32H49ClN4O4. The minimum atomic E-state index is -0.0518. The van der Waals surface area contributed by atoms with Crippen molar-refractivity contribution in [1.82, 2.24) is 9.80 Å². The zero-order chi connectivity index (χ0) is 30.2. The van der Waals surface area contributed by atoms with Gasteiger partial charge in [0, 0.05) is 49.8 Å². The highest BCUT2D eigenvalue weighted by Gasteiger charge is 2.41. The molecule has 0 radical (unpaired) electrons. The maximum atomic E-state index is 11.0. The fraction of sp³-hybridized carbons (Fsp3) is 0.625. The van der Waals surface area contributed by atoms with Crippen LogP contribution >= 0.6 is 11.6 Å². The Morgan fingerprint density at radius 2 is 1.90 bits per heavy atom. The number of oxime groups is 2. The van der Waals surface area contributed by atoms with Gasteiger partial charge in [-0.2, -0.15) is 0 Å². The van der Waals surface area contributed by atoms with E-state index in [9.17, 15) is 5.11 Å². The molecule has 9 heteroatoms. The van der Waals surface area contributed by atoms with E-state index in [4.69, 9.17) is 26.0 Å². The molecule has 1 aliphatic heterocycles. The average molecular weight is 589 g/mol. The Hall–Kier alpha value is -2.55. The number of phenols is 1. The lowest BCUT2D eigenvalue weighted by Crippen LogP contribution is -2.45. The summed E-state index contributed by atoms with van der Waals surface area (Å²) >= 11 is 6.59. The van der Waals surface area contributed by atoms with E-state index in [0.717, 1.165) is 56.9 Å². The van der Waals surface area contributed by atoms with Crippen LogP contribution in [0.2, 0.25) is 5.02 Å². The van der Waals surface area contributed by atoms with Crippen LogP contribution in [0.25, 0.3) is 0 Å². The molecule has 0 spiro atoms. The van der Waals surface area contributed by atoms with E-state index < -0.39 is 0 Å². The molecule has 8 nitrogen and oxygen atoms in total. The van der Waals surface area contributed by atoms with E-state index >= 15 is 0 Å². The Morgan fingerprint density at radius 3 is 2.56 bits per heavy atom. The minimum Gasteiger partial charge on any atom is -0.507 e. The van der Waals surface area contributed by atoms with Gasteiger partial charge in [-0.25, -0.2) is 0 Å². The molecule has 2 aliphatic rings. The summed E-state index contributed by atoms with van der Waals surface area (Å²) in [4.78, 5) is 15.5. The fourth-order valence-corrected chi connectivity index (χ4v) is 5.95. The first kappa shape index (κ1) is 33.0. The van der Waals surface area contributed by atoms with Crippen LogP contribution in [0.5, 0.6) is 11.5 Å². The third-order valence-electron chi connectivity index (χ3n) is 9.18. The number of methoxy groups -OCH3 is 1. The topological polar surface area (TPSA) is 79.1 Å². The zero-order valence-electron chi connectivity index (χ0n) is 26.2. The highest BCUT2D eigenvalue weighted by atomic mass is 35.5. The van der Waals surface area contributed by atoms with Gasteiger partial charge >= 0.3 is 0 Å². The predicted octanol–water partition coefficient (Wildman–Crippen LogP) is 6.08. The molecule has 1 aromatic rings. The first-order valence-electron chi connectivity index (χ1n) is 14.6. The van der Waals surface area contributed by atoms with Crippen LogP contribution in [0, 0.1) is 24.2 Å². The summed E-state index contributed by atoms with van der Waals surface area (Å²) in [6, 6.07) is 0. The van der Waals surface area contributed by atoms with Gasteiger partial charge in [0.15, 0.2) is 0 Å². The summed E-state index contributed by atoms with van der Waals surface area (Å²) in [5.41, 5.74) is 3.99. The number of hydrogen-bond acceptors (Lipinski definition) is 8. The number of hydrogen-bond donors (Lipinski definition) is 1. The number of nitrogens with zero attached hydrogens (tertiary/aromatic N) is 4. The molecule has 228 valence electrons. The van der Waals surface area contributed by atoms with E-state index in [0.29, 0.717) is 46.4 Å². The SMILES string of the molecule is CO/N=C/c1c(C)c(Cl)c(OC)c(C/C=C(C)/C=C/[C@@]2(C)[C@H](C)CC/C(=N\OCCN3CCN(C)CC3)[C@@H]2C)c1O. The summed E-state index contributed by atoms with van der Waals surface area (Å²) in [7, 11) is 5.19.